The Morgan fingerprint density at radius 1 is 1.38 bits per heavy atom. The smallest absolute Gasteiger partial charge is 0.0992 e. The van der Waals surface area contributed by atoms with Gasteiger partial charge in [0.25, 0.3) is 0 Å². The molecule has 1 unspecified atom stereocenters. The first-order chi connectivity index (χ1) is 7.70. The Bertz CT molecular complexity index is 212. The van der Waals surface area contributed by atoms with Crippen molar-refractivity contribution in [3.8, 4) is 0 Å². The molecular weight excluding hydrogens is 200 g/mol. The van der Waals surface area contributed by atoms with E-state index < -0.39 is 0 Å². The van der Waals surface area contributed by atoms with Crippen molar-refractivity contribution in [2.75, 3.05) is 20.3 Å². The topological polar surface area (TPSA) is 36.3 Å². The molecule has 0 aliphatic heterocycles. The fourth-order valence-electron chi connectivity index (χ4n) is 2.66. The maximum atomic E-state index is 8.32. The lowest BCUT2D eigenvalue weighted by Crippen LogP contribution is -2.44. The second-order valence-electron chi connectivity index (χ2n) is 4.81. The second-order valence-corrected chi connectivity index (χ2v) is 4.81. The van der Waals surface area contributed by atoms with Gasteiger partial charge in [0.05, 0.1) is 18.5 Å². The zero-order valence-electron chi connectivity index (χ0n) is 11.0. The molecule has 1 saturated carbocycles. The Balaban J connectivity index is 2.53. The van der Waals surface area contributed by atoms with Crippen LogP contribution in [0.15, 0.2) is 0 Å². The summed E-state index contributed by atoms with van der Waals surface area (Å²) < 4.78 is 5.19. The van der Waals surface area contributed by atoms with Gasteiger partial charge in [-0.25, -0.2) is 0 Å². The third kappa shape index (κ3) is 3.48. The number of rotatable bonds is 5. The minimum Gasteiger partial charge on any atom is -0.383 e. The van der Waals surface area contributed by atoms with Crippen LogP contribution in [-0.2, 0) is 4.74 Å². The molecule has 0 heterocycles. The quantitative estimate of drug-likeness (QED) is 0.578. The van der Waals surface area contributed by atoms with Crippen molar-refractivity contribution < 1.29 is 4.74 Å². The number of hydrogen-bond donors (Lipinski definition) is 1. The molecule has 1 atom stereocenters. The Hall–Kier alpha value is -0.570. The lowest BCUT2D eigenvalue weighted by Gasteiger charge is -2.35. The molecule has 1 aliphatic carbocycles. The van der Waals surface area contributed by atoms with Crippen molar-refractivity contribution in [1.82, 2.24) is 4.90 Å². The number of nitrogens with zero attached hydrogens (tertiary/aromatic N) is 1. The van der Waals surface area contributed by atoms with Crippen molar-refractivity contribution in [3.63, 3.8) is 0 Å². The molecular formula is C13H26N2O. The zero-order valence-corrected chi connectivity index (χ0v) is 11.0. The molecule has 3 heteroatoms. The van der Waals surface area contributed by atoms with Crippen LogP contribution in [0, 0.1) is 11.3 Å². The molecule has 0 amide bonds. The van der Waals surface area contributed by atoms with Crippen molar-refractivity contribution in [2.24, 2.45) is 5.92 Å². The van der Waals surface area contributed by atoms with Gasteiger partial charge >= 0.3 is 0 Å². The van der Waals surface area contributed by atoms with Crippen LogP contribution in [0.25, 0.3) is 0 Å². The van der Waals surface area contributed by atoms with Gasteiger partial charge in [0.1, 0.15) is 0 Å². The largest absolute Gasteiger partial charge is 0.383 e. The molecule has 1 N–H and O–H groups in total. The van der Waals surface area contributed by atoms with E-state index in [2.05, 4.69) is 18.7 Å². The van der Waals surface area contributed by atoms with Crippen LogP contribution < -0.4 is 0 Å². The molecule has 1 rings (SSSR count). The Morgan fingerprint density at radius 3 is 2.50 bits per heavy atom. The van der Waals surface area contributed by atoms with E-state index in [1.807, 2.05) is 0 Å². The molecule has 16 heavy (non-hydrogen) atoms. The highest BCUT2D eigenvalue weighted by molar-refractivity contribution is 5.82. The summed E-state index contributed by atoms with van der Waals surface area (Å²) in [6.07, 6.45) is 6.35. The van der Waals surface area contributed by atoms with Crippen molar-refractivity contribution in [3.05, 3.63) is 0 Å². The van der Waals surface area contributed by atoms with Crippen LogP contribution in [0.2, 0.25) is 0 Å². The van der Waals surface area contributed by atoms with Gasteiger partial charge in [0.2, 0.25) is 0 Å². The molecule has 0 spiro atoms. The summed E-state index contributed by atoms with van der Waals surface area (Å²) in [5.41, 5.74) is 0. The first-order valence-corrected chi connectivity index (χ1v) is 6.54. The average molecular weight is 226 g/mol. The van der Waals surface area contributed by atoms with E-state index in [4.69, 9.17) is 10.1 Å². The van der Waals surface area contributed by atoms with E-state index >= 15 is 0 Å². The third-order valence-electron chi connectivity index (χ3n) is 3.58. The van der Waals surface area contributed by atoms with E-state index in [0.717, 1.165) is 12.4 Å². The summed E-state index contributed by atoms with van der Waals surface area (Å²) in [7, 11) is 1.73. The lowest BCUT2D eigenvalue weighted by atomic mass is 9.87. The zero-order chi connectivity index (χ0) is 12.0. The molecule has 0 aromatic heterocycles. The summed E-state index contributed by atoms with van der Waals surface area (Å²) in [6.45, 7) is 5.90. The van der Waals surface area contributed by atoms with E-state index in [1.165, 1.54) is 32.1 Å². The van der Waals surface area contributed by atoms with E-state index in [9.17, 15) is 0 Å². The number of amidine groups is 1. The normalized spacial score (nSPS) is 19.4. The second kappa shape index (κ2) is 6.89. The van der Waals surface area contributed by atoms with Gasteiger partial charge in [-0.15, -0.1) is 0 Å². The van der Waals surface area contributed by atoms with Gasteiger partial charge in [-0.2, -0.15) is 0 Å². The van der Waals surface area contributed by atoms with Crippen LogP contribution in [0.3, 0.4) is 0 Å². The highest BCUT2D eigenvalue weighted by Gasteiger charge is 2.24. The van der Waals surface area contributed by atoms with Gasteiger partial charge in [-0.1, -0.05) is 19.3 Å². The predicted molar refractivity (Wildman–Crippen MR) is 68.0 cm³/mol. The molecule has 0 aromatic rings. The standard InChI is InChI=1S/C13H26N2O/c1-4-15(11(2)10-16-3)13(14)12-8-6-5-7-9-12/h11-12,14H,4-10H2,1-3H3. The highest BCUT2D eigenvalue weighted by Crippen LogP contribution is 2.26. The first-order valence-electron chi connectivity index (χ1n) is 6.54. The molecule has 0 aromatic carbocycles. The van der Waals surface area contributed by atoms with Crippen LogP contribution in [0.1, 0.15) is 46.0 Å². The van der Waals surface area contributed by atoms with Gasteiger partial charge < -0.3 is 9.64 Å². The monoisotopic (exact) mass is 226 g/mol. The summed E-state index contributed by atoms with van der Waals surface area (Å²) >= 11 is 0. The maximum absolute atomic E-state index is 8.32. The number of hydrogen-bond acceptors (Lipinski definition) is 2. The highest BCUT2D eigenvalue weighted by atomic mass is 16.5. The van der Waals surface area contributed by atoms with Crippen LogP contribution in [-0.4, -0.2) is 37.0 Å². The molecule has 3 nitrogen and oxygen atoms in total. The number of nitrogens with one attached hydrogen (secondary N) is 1. The van der Waals surface area contributed by atoms with Gasteiger partial charge in [-0.3, -0.25) is 5.41 Å². The minimum absolute atomic E-state index is 0.324. The summed E-state index contributed by atoms with van der Waals surface area (Å²) in [5.74, 6) is 1.33. The number of likely N-dealkylation sites (N-methyl/N-ethyl adjacent to an activating group) is 1. The summed E-state index contributed by atoms with van der Waals surface area (Å²) in [5, 5.41) is 8.32. The third-order valence-corrected chi connectivity index (χ3v) is 3.58. The summed E-state index contributed by atoms with van der Waals surface area (Å²) in [6, 6.07) is 0.324. The number of methoxy groups -OCH3 is 1. The van der Waals surface area contributed by atoms with Crippen molar-refractivity contribution in [2.45, 2.75) is 52.0 Å². The minimum atomic E-state index is 0.324. The molecule has 94 valence electrons. The predicted octanol–water partition coefficient (Wildman–Crippen LogP) is 2.90. The molecule has 0 bridgehead atoms. The van der Waals surface area contributed by atoms with Crippen LogP contribution in [0.4, 0.5) is 0 Å². The fraction of sp³-hybridized carbons (Fsp3) is 0.923. The van der Waals surface area contributed by atoms with E-state index in [-0.39, 0.29) is 0 Å². The Morgan fingerprint density at radius 2 is 2.00 bits per heavy atom. The first kappa shape index (κ1) is 13.5. The average Bonchev–Trinajstić information content (AvgIpc) is 2.31. The maximum Gasteiger partial charge on any atom is 0.0992 e. The Labute approximate surface area is 99.7 Å². The molecule has 1 fully saturated rings. The summed E-state index contributed by atoms with van der Waals surface area (Å²) in [4.78, 5) is 2.19. The number of ether oxygens (including phenoxy) is 1. The molecule has 1 aliphatic rings. The Kier molecular flexibility index (Phi) is 5.81. The van der Waals surface area contributed by atoms with E-state index in [1.54, 1.807) is 7.11 Å². The van der Waals surface area contributed by atoms with Gasteiger partial charge in [-0.05, 0) is 26.7 Å². The van der Waals surface area contributed by atoms with Crippen molar-refractivity contribution >= 4 is 5.84 Å². The van der Waals surface area contributed by atoms with Gasteiger partial charge in [0.15, 0.2) is 0 Å². The molecule has 0 radical (unpaired) electrons. The van der Waals surface area contributed by atoms with Crippen LogP contribution >= 0.6 is 0 Å². The van der Waals surface area contributed by atoms with Crippen LogP contribution in [0.5, 0.6) is 0 Å². The van der Waals surface area contributed by atoms with Gasteiger partial charge in [0, 0.05) is 19.6 Å². The van der Waals surface area contributed by atoms with E-state index in [0.29, 0.717) is 18.6 Å². The SMILES string of the molecule is CCN(C(=N)C1CCCCC1)C(C)COC. The van der Waals surface area contributed by atoms with Crippen molar-refractivity contribution in [1.29, 1.82) is 5.41 Å². The fourth-order valence-corrected chi connectivity index (χ4v) is 2.66. The molecule has 0 saturated heterocycles. The lowest BCUT2D eigenvalue weighted by molar-refractivity contribution is 0.134.